The minimum atomic E-state index is -4.44. The first-order valence-corrected chi connectivity index (χ1v) is 11.8. The van der Waals surface area contributed by atoms with Crippen LogP contribution in [0.1, 0.15) is 22.3 Å². The molecule has 0 fully saturated rings. The Hall–Kier alpha value is -4.45. The largest absolute Gasteiger partial charge is 0.416 e. The Balaban J connectivity index is 1.66. The van der Waals surface area contributed by atoms with Crippen LogP contribution < -0.4 is 5.32 Å². The molecule has 1 aromatic heterocycles. The third-order valence-electron chi connectivity index (χ3n) is 6.55. The van der Waals surface area contributed by atoms with Crippen molar-refractivity contribution in [2.45, 2.75) is 18.0 Å². The molecule has 0 aliphatic heterocycles. The number of para-hydroxylation sites is 1. The van der Waals surface area contributed by atoms with E-state index in [4.69, 9.17) is 0 Å². The van der Waals surface area contributed by atoms with Crippen LogP contribution in [-0.2, 0) is 22.8 Å². The first-order chi connectivity index (χ1) is 17.9. The van der Waals surface area contributed by atoms with Crippen molar-refractivity contribution in [3.63, 3.8) is 0 Å². The molecule has 0 bridgehead atoms. The van der Waals surface area contributed by atoms with Crippen LogP contribution in [0.5, 0.6) is 0 Å². The Morgan fingerprint density at radius 3 is 1.86 bits per heavy atom. The van der Waals surface area contributed by atoms with Crippen molar-refractivity contribution in [1.29, 1.82) is 0 Å². The summed E-state index contributed by atoms with van der Waals surface area (Å²) in [5, 5.41) is 3.98. The van der Waals surface area contributed by atoms with E-state index >= 15 is 0 Å². The summed E-state index contributed by atoms with van der Waals surface area (Å²) in [4.78, 5) is 18.8. The maximum Gasteiger partial charge on any atom is 0.416 e. The SMILES string of the molecule is O=C(Nc1cccc2cccnc12)C(Cc1ccc(C(F)(F)F)cc1)(c1ccccc1)c1ccccc1. The lowest BCUT2D eigenvalue weighted by atomic mass is 9.69. The van der Waals surface area contributed by atoms with Crippen molar-refractivity contribution in [1.82, 2.24) is 4.98 Å². The second-order valence-corrected chi connectivity index (χ2v) is 8.84. The number of rotatable bonds is 6. The molecule has 0 aliphatic rings. The molecule has 4 aromatic carbocycles. The number of benzene rings is 4. The lowest BCUT2D eigenvalue weighted by Gasteiger charge is -2.34. The second kappa shape index (κ2) is 9.90. The Kier molecular flexibility index (Phi) is 6.49. The second-order valence-electron chi connectivity index (χ2n) is 8.84. The fourth-order valence-corrected chi connectivity index (χ4v) is 4.71. The number of nitrogens with zero attached hydrogens (tertiary/aromatic N) is 1. The van der Waals surface area contributed by atoms with Crippen LogP contribution in [0.2, 0.25) is 0 Å². The number of aromatic nitrogens is 1. The van der Waals surface area contributed by atoms with E-state index < -0.39 is 17.2 Å². The molecule has 3 nitrogen and oxygen atoms in total. The third-order valence-corrected chi connectivity index (χ3v) is 6.55. The van der Waals surface area contributed by atoms with Gasteiger partial charge >= 0.3 is 6.18 Å². The molecule has 5 rings (SSSR count). The van der Waals surface area contributed by atoms with Gasteiger partial charge in [0.05, 0.1) is 16.8 Å². The highest BCUT2D eigenvalue weighted by molar-refractivity contribution is 6.06. The number of alkyl halides is 3. The highest BCUT2D eigenvalue weighted by atomic mass is 19.4. The smallest absolute Gasteiger partial charge is 0.323 e. The maximum absolute atomic E-state index is 14.4. The van der Waals surface area contributed by atoms with E-state index in [1.807, 2.05) is 84.9 Å². The van der Waals surface area contributed by atoms with Gasteiger partial charge < -0.3 is 5.32 Å². The van der Waals surface area contributed by atoms with Gasteiger partial charge in [0.15, 0.2) is 0 Å². The number of fused-ring (bicyclic) bond motifs is 1. The summed E-state index contributed by atoms with van der Waals surface area (Å²) in [5.41, 5.74) is 1.33. The summed E-state index contributed by atoms with van der Waals surface area (Å²) in [5.74, 6) is -0.303. The van der Waals surface area contributed by atoms with Crippen LogP contribution in [0, 0.1) is 0 Å². The average molecular weight is 497 g/mol. The molecule has 1 N–H and O–H groups in total. The van der Waals surface area contributed by atoms with Gasteiger partial charge in [0.25, 0.3) is 0 Å². The van der Waals surface area contributed by atoms with Gasteiger partial charge in [-0.1, -0.05) is 91.0 Å². The molecule has 0 saturated carbocycles. The minimum Gasteiger partial charge on any atom is -0.323 e. The van der Waals surface area contributed by atoms with Crippen molar-refractivity contribution in [2.75, 3.05) is 5.32 Å². The fourth-order valence-electron chi connectivity index (χ4n) is 4.71. The standard InChI is InChI=1S/C31H23F3N2O/c32-31(33,34)26-18-16-22(17-19-26)21-30(24-11-3-1-4-12-24,25-13-5-2-6-14-25)29(37)36-27-15-7-9-23-10-8-20-35-28(23)27/h1-20H,21H2,(H,36,37). The molecule has 6 heteroatoms. The molecule has 1 amide bonds. The van der Waals surface area contributed by atoms with Crippen molar-refractivity contribution in [2.24, 2.45) is 0 Å². The van der Waals surface area contributed by atoms with E-state index in [1.54, 1.807) is 12.3 Å². The number of amides is 1. The van der Waals surface area contributed by atoms with Crippen LogP contribution in [-0.4, -0.2) is 10.9 Å². The van der Waals surface area contributed by atoms with E-state index in [1.165, 1.54) is 12.1 Å². The number of pyridine rings is 1. The predicted molar refractivity (Wildman–Crippen MR) is 139 cm³/mol. The van der Waals surface area contributed by atoms with Crippen LogP contribution in [0.3, 0.4) is 0 Å². The molecule has 0 radical (unpaired) electrons. The number of anilines is 1. The molecule has 0 unspecified atom stereocenters. The highest BCUT2D eigenvalue weighted by Crippen LogP contribution is 2.39. The zero-order chi connectivity index (χ0) is 25.9. The van der Waals surface area contributed by atoms with E-state index in [-0.39, 0.29) is 12.3 Å². The van der Waals surface area contributed by atoms with Gasteiger partial charge in [-0.25, -0.2) is 0 Å². The summed E-state index contributed by atoms with van der Waals surface area (Å²) in [6, 6.07) is 32.9. The summed E-state index contributed by atoms with van der Waals surface area (Å²) >= 11 is 0. The molecule has 184 valence electrons. The number of halogens is 3. The summed E-state index contributed by atoms with van der Waals surface area (Å²) in [6.07, 6.45) is -2.61. The number of carbonyl (C=O) groups is 1. The van der Waals surface area contributed by atoms with E-state index in [0.717, 1.165) is 28.6 Å². The molecule has 1 heterocycles. The van der Waals surface area contributed by atoms with Gasteiger partial charge in [0.1, 0.15) is 5.41 Å². The Morgan fingerprint density at radius 1 is 0.676 bits per heavy atom. The summed E-state index contributed by atoms with van der Waals surface area (Å²) in [6.45, 7) is 0. The number of nitrogens with one attached hydrogen (secondary N) is 1. The summed E-state index contributed by atoms with van der Waals surface area (Å²) < 4.78 is 39.6. The van der Waals surface area contributed by atoms with Crippen molar-refractivity contribution in [3.8, 4) is 0 Å². The van der Waals surface area contributed by atoms with Crippen molar-refractivity contribution < 1.29 is 18.0 Å². The van der Waals surface area contributed by atoms with Gasteiger partial charge in [-0.15, -0.1) is 0 Å². The van der Waals surface area contributed by atoms with Crippen LogP contribution in [0.15, 0.2) is 121 Å². The van der Waals surface area contributed by atoms with E-state index in [9.17, 15) is 18.0 Å². The van der Waals surface area contributed by atoms with Gasteiger partial charge in [0.2, 0.25) is 5.91 Å². The van der Waals surface area contributed by atoms with Gasteiger partial charge in [-0.2, -0.15) is 13.2 Å². The number of hydrogen-bond donors (Lipinski definition) is 1. The maximum atomic E-state index is 14.4. The zero-order valence-corrected chi connectivity index (χ0v) is 19.7. The zero-order valence-electron chi connectivity index (χ0n) is 19.7. The Bertz CT molecular complexity index is 1470. The first-order valence-electron chi connectivity index (χ1n) is 11.8. The van der Waals surface area contributed by atoms with E-state index in [2.05, 4.69) is 10.3 Å². The third kappa shape index (κ3) is 4.83. The highest BCUT2D eigenvalue weighted by Gasteiger charge is 2.42. The first kappa shape index (κ1) is 24.3. The molecular weight excluding hydrogens is 473 g/mol. The molecular formula is C31H23F3N2O. The Morgan fingerprint density at radius 2 is 1.27 bits per heavy atom. The normalized spacial score (nSPS) is 11.9. The average Bonchev–Trinajstić information content (AvgIpc) is 2.92. The molecule has 0 spiro atoms. The predicted octanol–water partition coefficient (Wildman–Crippen LogP) is 7.42. The monoisotopic (exact) mass is 496 g/mol. The lowest BCUT2D eigenvalue weighted by molar-refractivity contribution is -0.137. The van der Waals surface area contributed by atoms with E-state index in [0.29, 0.717) is 16.8 Å². The quantitative estimate of drug-likeness (QED) is 0.266. The minimum absolute atomic E-state index is 0.156. The number of hydrogen-bond acceptors (Lipinski definition) is 2. The lowest BCUT2D eigenvalue weighted by Crippen LogP contribution is -2.43. The molecule has 0 atom stereocenters. The number of carbonyl (C=O) groups excluding carboxylic acids is 1. The topological polar surface area (TPSA) is 42.0 Å². The van der Waals surface area contributed by atoms with Crippen molar-refractivity contribution in [3.05, 3.63) is 144 Å². The van der Waals surface area contributed by atoms with Gasteiger partial charge in [0, 0.05) is 11.6 Å². The van der Waals surface area contributed by atoms with Gasteiger partial charge in [-0.3, -0.25) is 9.78 Å². The van der Waals surface area contributed by atoms with Crippen LogP contribution in [0.25, 0.3) is 10.9 Å². The Labute approximate surface area is 212 Å². The van der Waals surface area contributed by atoms with Crippen molar-refractivity contribution >= 4 is 22.5 Å². The van der Waals surface area contributed by atoms with Gasteiger partial charge in [-0.05, 0) is 47.4 Å². The van der Waals surface area contributed by atoms with Crippen LogP contribution in [0.4, 0.5) is 18.9 Å². The molecule has 0 saturated heterocycles. The fraction of sp³-hybridized carbons (Fsp3) is 0.0968. The molecule has 37 heavy (non-hydrogen) atoms. The van der Waals surface area contributed by atoms with Crippen LogP contribution >= 0.6 is 0 Å². The molecule has 0 aliphatic carbocycles. The summed E-state index contributed by atoms with van der Waals surface area (Å²) in [7, 11) is 0. The molecule has 5 aromatic rings.